The van der Waals surface area contributed by atoms with E-state index in [-0.39, 0.29) is 0 Å². The van der Waals surface area contributed by atoms with Crippen molar-refractivity contribution < 1.29 is 0 Å². The molecule has 0 aromatic heterocycles. The SMILES string of the molecule is CC1CCC(NC2=NC(c3ccccc3)CS2)CC1. The lowest BCUT2D eigenvalue weighted by Gasteiger charge is -2.27. The molecule has 19 heavy (non-hydrogen) atoms. The first-order valence-electron chi connectivity index (χ1n) is 7.33. The van der Waals surface area contributed by atoms with Crippen molar-refractivity contribution in [3.8, 4) is 0 Å². The number of nitrogens with zero attached hydrogens (tertiary/aromatic N) is 1. The van der Waals surface area contributed by atoms with Crippen molar-refractivity contribution in [1.82, 2.24) is 5.32 Å². The van der Waals surface area contributed by atoms with Crippen molar-refractivity contribution in [1.29, 1.82) is 0 Å². The molecule has 1 heterocycles. The van der Waals surface area contributed by atoms with Crippen LogP contribution in [-0.4, -0.2) is 17.0 Å². The smallest absolute Gasteiger partial charge is 0.157 e. The highest BCUT2D eigenvalue weighted by molar-refractivity contribution is 8.14. The van der Waals surface area contributed by atoms with Crippen molar-refractivity contribution in [2.45, 2.75) is 44.7 Å². The Kier molecular flexibility index (Phi) is 4.12. The van der Waals surface area contributed by atoms with Gasteiger partial charge in [-0.1, -0.05) is 49.0 Å². The van der Waals surface area contributed by atoms with Gasteiger partial charge in [0.1, 0.15) is 0 Å². The number of thioether (sulfide) groups is 1. The Morgan fingerprint density at radius 3 is 2.58 bits per heavy atom. The fourth-order valence-corrected chi connectivity index (χ4v) is 3.91. The summed E-state index contributed by atoms with van der Waals surface area (Å²) in [5.74, 6) is 1.99. The van der Waals surface area contributed by atoms with Crippen LogP contribution < -0.4 is 5.32 Å². The van der Waals surface area contributed by atoms with Gasteiger partial charge in [-0.25, -0.2) is 0 Å². The van der Waals surface area contributed by atoms with Gasteiger partial charge in [0, 0.05) is 11.8 Å². The molecule has 0 spiro atoms. The van der Waals surface area contributed by atoms with E-state index in [1.807, 2.05) is 11.8 Å². The first-order chi connectivity index (χ1) is 9.31. The third kappa shape index (κ3) is 3.33. The minimum atomic E-state index is 0.344. The predicted octanol–water partition coefficient (Wildman–Crippen LogP) is 4.00. The van der Waals surface area contributed by atoms with Crippen molar-refractivity contribution in [2.75, 3.05) is 5.75 Å². The molecular formula is C16H22N2S. The molecule has 0 saturated heterocycles. The summed E-state index contributed by atoms with van der Waals surface area (Å²) in [6.07, 6.45) is 5.32. The molecule has 1 aromatic rings. The van der Waals surface area contributed by atoms with E-state index in [0.29, 0.717) is 12.1 Å². The van der Waals surface area contributed by atoms with Crippen LogP contribution in [0.2, 0.25) is 0 Å². The van der Waals surface area contributed by atoms with Crippen LogP contribution in [-0.2, 0) is 0 Å². The molecule has 1 atom stereocenters. The lowest BCUT2D eigenvalue weighted by molar-refractivity contribution is 0.332. The topological polar surface area (TPSA) is 24.4 Å². The van der Waals surface area contributed by atoms with E-state index < -0.39 is 0 Å². The largest absolute Gasteiger partial charge is 0.362 e. The van der Waals surface area contributed by atoms with Crippen LogP contribution in [0.25, 0.3) is 0 Å². The first-order valence-corrected chi connectivity index (χ1v) is 8.32. The summed E-state index contributed by atoms with van der Waals surface area (Å²) in [5.41, 5.74) is 1.34. The maximum absolute atomic E-state index is 4.84. The molecule has 1 fully saturated rings. The van der Waals surface area contributed by atoms with Crippen molar-refractivity contribution in [2.24, 2.45) is 10.9 Å². The zero-order chi connectivity index (χ0) is 13.1. The quantitative estimate of drug-likeness (QED) is 0.881. The molecule has 1 aromatic carbocycles. The summed E-state index contributed by atoms with van der Waals surface area (Å²) in [6, 6.07) is 11.6. The zero-order valence-electron chi connectivity index (χ0n) is 11.5. The summed E-state index contributed by atoms with van der Waals surface area (Å²) in [7, 11) is 0. The number of hydrogen-bond donors (Lipinski definition) is 1. The van der Waals surface area contributed by atoms with Gasteiger partial charge in [-0.3, -0.25) is 4.99 Å². The second-order valence-corrected chi connectivity index (χ2v) is 6.78. The molecule has 2 aliphatic rings. The second-order valence-electron chi connectivity index (χ2n) is 5.77. The van der Waals surface area contributed by atoms with Gasteiger partial charge in [0.25, 0.3) is 0 Å². The lowest BCUT2D eigenvalue weighted by Crippen LogP contribution is -2.35. The van der Waals surface area contributed by atoms with Crippen molar-refractivity contribution in [3.63, 3.8) is 0 Å². The lowest BCUT2D eigenvalue weighted by atomic mass is 9.87. The molecule has 0 radical (unpaired) electrons. The zero-order valence-corrected chi connectivity index (χ0v) is 12.3. The van der Waals surface area contributed by atoms with Gasteiger partial charge in [0.2, 0.25) is 0 Å². The van der Waals surface area contributed by atoms with Crippen LogP contribution in [0, 0.1) is 5.92 Å². The summed E-state index contributed by atoms with van der Waals surface area (Å²) >= 11 is 1.88. The maximum Gasteiger partial charge on any atom is 0.157 e. The van der Waals surface area contributed by atoms with E-state index in [1.165, 1.54) is 31.2 Å². The number of rotatable bonds is 2. The second kappa shape index (κ2) is 6.00. The number of nitrogens with one attached hydrogen (secondary N) is 1. The Morgan fingerprint density at radius 1 is 1.11 bits per heavy atom. The number of aliphatic imine (C=N–C) groups is 1. The highest BCUT2D eigenvalue weighted by Gasteiger charge is 2.23. The molecule has 3 heteroatoms. The first kappa shape index (κ1) is 13.0. The van der Waals surface area contributed by atoms with E-state index in [0.717, 1.165) is 16.8 Å². The molecule has 3 rings (SSSR count). The predicted molar refractivity (Wildman–Crippen MR) is 83.6 cm³/mol. The number of amidine groups is 1. The Hall–Kier alpha value is -0.960. The van der Waals surface area contributed by atoms with Gasteiger partial charge in [-0.05, 0) is 37.2 Å². The average Bonchev–Trinajstić information content (AvgIpc) is 2.91. The van der Waals surface area contributed by atoms with Crippen LogP contribution in [0.4, 0.5) is 0 Å². The molecular weight excluding hydrogens is 252 g/mol. The molecule has 102 valence electrons. The van der Waals surface area contributed by atoms with Gasteiger partial charge in [0.15, 0.2) is 5.17 Å². The minimum Gasteiger partial charge on any atom is -0.362 e. The van der Waals surface area contributed by atoms with Gasteiger partial charge in [-0.2, -0.15) is 0 Å². The fourth-order valence-electron chi connectivity index (χ4n) is 2.88. The van der Waals surface area contributed by atoms with E-state index in [4.69, 9.17) is 4.99 Å². The summed E-state index contributed by atoms with van der Waals surface area (Å²) in [4.78, 5) is 4.84. The Labute approximate surface area is 120 Å². The highest BCUT2D eigenvalue weighted by Crippen LogP contribution is 2.31. The number of hydrogen-bond acceptors (Lipinski definition) is 3. The van der Waals surface area contributed by atoms with Crippen molar-refractivity contribution in [3.05, 3.63) is 35.9 Å². The Bertz CT molecular complexity index is 435. The van der Waals surface area contributed by atoms with Gasteiger partial charge < -0.3 is 5.32 Å². The van der Waals surface area contributed by atoms with Gasteiger partial charge >= 0.3 is 0 Å². The molecule has 1 N–H and O–H groups in total. The monoisotopic (exact) mass is 274 g/mol. The van der Waals surface area contributed by atoms with E-state index in [9.17, 15) is 0 Å². The van der Waals surface area contributed by atoms with Crippen LogP contribution in [0.5, 0.6) is 0 Å². The van der Waals surface area contributed by atoms with Crippen LogP contribution in [0.1, 0.15) is 44.2 Å². The minimum absolute atomic E-state index is 0.344. The molecule has 1 saturated carbocycles. The van der Waals surface area contributed by atoms with Crippen LogP contribution in [0.15, 0.2) is 35.3 Å². The van der Waals surface area contributed by atoms with E-state index in [1.54, 1.807) is 0 Å². The number of benzene rings is 1. The molecule has 2 nitrogen and oxygen atoms in total. The standard InChI is InChI=1S/C16H22N2S/c1-12-7-9-14(10-8-12)17-16-18-15(11-19-16)13-5-3-2-4-6-13/h2-6,12,14-15H,7-11H2,1H3,(H,17,18). The van der Waals surface area contributed by atoms with E-state index in [2.05, 4.69) is 42.6 Å². The summed E-state index contributed by atoms with van der Waals surface area (Å²) < 4.78 is 0. The van der Waals surface area contributed by atoms with Crippen LogP contribution in [0.3, 0.4) is 0 Å². The third-order valence-electron chi connectivity index (χ3n) is 4.18. The Morgan fingerprint density at radius 2 is 1.84 bits per heavy atom. The van der Waals surface area contributed by atoms with Crippen molar-refractivity contribution >= 4 is 16.9 Å². The van der Waals surface area contributed by atoms with E-state index >= 15 is 0 Å². The highest BCUT2D eigenvalue weighted by atomic mass is 32.2. The molecule has 1 aliphatic carbocycles. The van der Waals surface area contributed by atoms with Crippen LogP contribution >= 0.6 is 11.8 Å². The third-order valence-corrected chi connectivity index (χ3v) is 5.16. The normalized spacial score (nSPS) is 31.0. The molecule has 1 aliphatic heterocycles. The molecule has 1 unspecified atom stereocenters. The molecule has 0 amide bonds. The molecule has 0 bridgehead atoms. The average molecular weight is 274 g/mol. The summed E-state index contributed by atoms with van der Waals surface area (Å²) in [5, 5.41) is 4.81. The maximum atomic E-state index is 4.84. The Balaban J connectivity index is 1.58. The van der Waals surface area contributed by atoms with Gasteiger partial charge in [-0.15, -0.1) is 0 Å². The summed E-state index contributed by atoms with van der Waals surface area (Å²) in [6.45, 7) is 2.36. The van der Waals surface area contributed by atoms with Gasteiger partial charge in [0.05, 0.1) is 6.04 Å². The fraction of sp³-hybridized carbons (Fsp3) is 0.562.